The van der Waals surface area contributed by atoms with Crippen LogP contribution < -0.4 is 10.6 Å². The zero-order chi connectivity index (χ0) is 16.5. The van der Waals surface area contributed by atoms with Gasteiger partial charge >= 0.3 is 0 Å². The van der Waals surface area contributed by atoms with Gasteiger partial charge < -0.3 is 15.7 Å². The van der Waals surface area contributed by atoms with Crippen molar-refractivity contribution in [1.82, 2.24) is 14.6 Å². The molecule has 0 spiro atoms. The van der Waals surface area contributed by atoms with E-state index in [4.69, 9.17) is 4.98 Å². The summed E-state index contributed by atoms with van der Waals surface area (Å²) in [5, 5.41) is 21.1. The lowest BCUT2D eigenvalue weighted by Crippen LogP contribution is -2.34. The van der Waals surface area contributed by atoms with Gasteiger partial charge in [0.25, 0.3) is 0 Å². The second-order valence-corrected chi connectivity index (χ2v) is 7.91. The van der Waals surface area contributed by atoms with Crippen molar-refractivity contribution in [1.29, 1.82) is 0 Å². The van der Waals surface area contributed by atoms with Gasteiger partial charge in [-0.15, -0.1) is 0 Å². The highest BCUT2D eigenvalue weighted by molar-refractivity contribution is 9.10. The summed E-state index contributed by atoms with van der Waals surface area (Å²) in [4.78, 5) is 4.72. The van der Waals surface area contributed by atoms with Gasteiger partial charge in [-0.1, -0.05) is 12.8 Å². The number of anilines is 2. The summed E-state index contributed by atoms with van der Waals surface area (Å²) in [7, 11) is 0. The predicted molar refractivity (Wildman–Crippen MR) is 98.4 cm³/mol. The van der Waals surface area contributed by atoms with Crippen LogP contribution in [0.4, 0.5) is 11.6 Å². The first-order valence-corrected chi connectivity index (χ1v) is 9.69. The molecule has 2 aliphatic rings. The smallest absolute Gasteiger partial charge is 0.173 e. The van der Waals surface area contributed by atoms with Gasteiger partial charge in [-0.3, -0.25) is 0 Å². The van der Waals surface area contributed by atoms with E-state index in [0.717, 1.165) is 47.1 Å². The van der Waals surface area contributed by atoms with Crippen LogP contribution in [0.25, 0.3) is 5.65 Å². The largest absolute Gasteiger partial charge is 0.396 e. The monoisotopic (exact) mass is 393 g/mol. The van der Waals surface area contributed by atoms with Crippen LogP contribution in [0.15, 0.2) is 16.7 Å². The minimum atomic E-state index is 0.239. The molecule has 3 N–H and O–H groups in total. The van der Waals surface area contributed by atoms with Gasteiger partial charge in [-0.25, -0.2) is 4.98 Å². The summed E-state index contributed by atoms with van der Waals surface area (Å²) in [5.74, 6) is 2.93. The highest BCUT2D eigenvalue weighted by Gasteiger charge is 2.25. The van der Waals surface area contributed by atoms with E-state index in [2.05, 4.69) is 31.7 Å². The minimum Gasteiger partial charge on any atom is -0.396 e. The van der Waals surface area contributed by atoms with Crippen molar-refractivity contribution >= 4 is 33.2 Å². The number of aromatic nitrogens is 3. The molecular weight excluding hydrogens is 370 g/mol. The van der Waals surface area contributed by atoms with E-state index >= 15 is 0 Å². The van der Waals surface area contributed by atoms with Crippen molar-refractivity contribution in [2.45, 2.75) is 44.6 Å². The van der Waals surface area contributed by atoms with Crippen molar-refractivity contribution in [2.75, 3.05) is 23.8 Å². The second-order valence-electron chi connectivity index (χ2n) is 7.06. The topological polar surface area (TPSA) is 74.5 Å². The van der Waals surface area contributed by atoms with Crippen molar-refractivity contribution in [3.8, 4) is 0 Å². The molecule has 2 aromatic heterocycles. The number of halogens is 1. The van der Waals surface area contributed by atoms with E-state index in [9.17, 15) is 5.11 Å². The number of rotatable bonds is 6. The highest BCUT2D eigenvalue weighted by Crippen LogP contribution is 2.31. The van der Waals surface area contributed by atoms with E-state index in [0.29, 0.717) is 5.92 Å². The molecule has 0 amide bonds. The van der Waals surface area contributed by atoms with Crippen LogP contribution >= 0.6 is 15.9 Å². The van der Waals surface area contributed by atoms with Crippen molar-refractivity contribution in [3.63, 3.8) is 0 Å². The molecule has 2 aromatic rings. The zero-order valence-electron chi connectivity index (χ0n) is 13.7. The maximum Gasteiger partial charge on any atom is 0.173 e. The Morgan fingerprint density at radius 1 is 1.25 bits per heavy atom. The molecule has 2 aliphatic carbocycles. The van der Waals surface area contributed by atoms with E-state index in [1.165, 1.54) is 25.7 Å². The lowest BCUT2D eigenvalue weighted by molar-refractivity contribution is 0.178. The number of nitrogens with one attached hydrogen (secondary N) is 2. The Balaban J connectivity index is 1.60. The molecule has 2 unspecified atom stereocenters. The van der Waals surface area contributed by atoms with Gasteiger partial charge in [0.05, 0.1) is 10.7 Å². The number of nitrogens with zero attached hydrogens (tertiary/aromatic N) is 3. The van der Waals surface area contributed by atoms with E-state index in [1.807, 2.05) is 10.6 Å². The summed E-state index contributed by atoms with van der Waals surface area (Å²) < 4.78 is 2.74. The summed E-state index contributed by atoms with van der Waals surface area (Å²) >= 11 is 3.54. The number of hydrogen-bond acceptors (Lipinski definition) is 5. The second kappa shape index (κ2) is 6.88. The SMILES string of the molecule is OCC1CCCCC1Nc1cc(NCC2CC2)n2ncc(Br)c2n1. The molecule has 2 atom stereocenters. The van der Waals surface area contributed by atoms with Crippen molar-refractivity contribution < 1.29 is 5.11 Å². The van der Waals surface area contributed by atoms with Crippen LogP contribution in [0, 0.1) is 11.8 Å². The van der Waals surface area contributed by atoms with Crippen molar-refractivity contribution in [3.05, 3.63) is 16.7 Å². The third kappa shape index (κ3) is 3.37. The van der Waals surface area contributed by atoms with E-state index in [-0.39, 0.29) is 12.6 Å². The maximum atomic E-state index is 9.63. The van der Waals surface area contributed by atoms with Crippen LogP contribution in [0.1, 0.15) is 38.5 Å². The van der Waals surface area contributed by atoms with Crippen molar-refractivity contribution in [2.24, 2.45) is 11.8 Å². The molecule has 2 heterocycles. The summed E-state index contributed by atoms with van der Waals surface area (Å²) in [6.45, 7) is 1.22. The lowest BCUT2D eigenvalue weighted by atomic mass is 9.85. The molecule has 0 radical (unpaired) electrons. The summed E-state index contributed by atoms with van der Waals surface area (Å²) in [5.41, 5.74) is 0.814. The molecule has 4 rings (SSSR count). The van der Waals surface area contributed by atoms with Crippen LogP contribution in [-0.4, -0.2) is 38.9 Å². The van der Waals surface area contributed by atoms with E-state index < -0.39 is 0 Å². The first kappa shape index (κ1) is 16.1. The maximum absolute atomic E-state index is 9.63. The molecule has 130 valence electrons. The number of aliphatic hydroxyl groups is 1. The van der Waals surface area contributed by atoms with Gasteiger partial charge in [-0.05, 0) is 47.5 Å². The van der Waals surface area contributed by atoms with Gasteiger partial charge in [0, 0.05) is 31.2 Å². The average Bonchev–Trinajstić information content (AvgIpc) is 3.36. The fraction of sp³-hybridized carbons (Fsp3) is 0.647. The predicted octanol–water partition coefficient (Wildman–Crippen LogP) is 3.28. The third-order valence-electron chi connectivity index (χ3n) is 5.17. The summed E-state index contributed by atoms with van der Waals surface area (Å²) in [6, 6.07) is 2.33. The normalized spacial score (nSPS) is 24.2. The minimum absolute atomic E-state index is 0.239. The molecule has 0 aromatic carbocycles. The molecule has 7 heteroatoms. The van der Waals surface area contributed by atoms with E-state index in [1.54, 1.807) is 6.20 Å². The van der Waals surface area contributed by atoms with Gasteiger partial charge in [-0.2, -0.15) is 9.61 Å². The first-order chi connectivity index (χ1) is 11.7. The molecule has 2 saturated carbocycles. The highest BCUT2D eigenvalue weighted by atomic mass is 79.9. The Labute approximate surface area is 150 Å². The first-order valence-electron chi connectivity index (χ1n) is 8.90. The molecule has 2 fully saturated rings. The van der Waals surface area contributed by atoms with Crippen LogP contribution in [0.3, 0.4) is 0 Å². The lowest BCUT2D eigenvalue weighted by Gasteiger charge is -2.31. The van der Waals surface area contributed by atoms with Crippen LogP contribution in [-0.2, 0) is 0 Å². The Morgan fingerprint density at radius 3 is 2.88 bits per heavy atom. The molecule has 0 bridgehead atoms. The Hall–Kier alpha value is -1.34. The fourth-order valence-corrected chi connectivity index (χ4v) is 3.86. The molecular formula is C17H24BrN5O. The average molecular weight is 394 g/mol. The van der Waals surface area contributed by atoms with Gasteiger partial charge in [0.15, 0.2) is 5.65 Å². The Morgan fingerprint density at radius 2 is 2.08 bits per heavy atom. The molecule has 6 nitrogen and oxygen atoms in total. The molecule has 0 saturated heterocycles. The Bertz CT molecular complexity index is 714. The summed E-state index contributed by atoms with van der Waals surface area (Å²) in [6.07, 6.45) is 9.00. The number of hydrogen-bond donors (Lipinski definition) is 3. The molecule has 0 aliphatic heterocycles. The quantitative estimate of drug-likeness (QED) is 0.701. The standard InChI is InChI=1S/C17H24BrN5O/c18-13-9-20-23-16(19-8-11-5-6-11)7-15(22-17(13)23)21-14-4-2-1-3-12(14)10-24/h7,9,11-12,14,19,24H,1-6,8,10H2,(H,21,22). The van der Waals surface area contributed by atoms with Crippen LogP contribution in [0.2, 0.25) is 0 Å². The fourth-order valence-electron chi connectivity index (χ4n) is 3.51. The third-order valence-corrected chi connectivity index (χ3v) is 5.73. The Kier molecular flexibility index (Phi) is 4.63. The van der Waals surface area contributed by atoms with Gasteiger partial charge in [0.1, 0.15) is 11.6 Å². The number of fused-ring (bicyclic) bond motifs is 1. The van der Waals surface area contributed by atoms with Crippen LogP contribution in [0.5, 0.6) is 0 Å². The number of aliphatic hydroxyl groups excluding tert-OH is 1. The molecule has 24 heavy (non-hydrogen) atoms. The zero-order valence-corrected chi connectivity index (χ0v) is 15.3. The van der Waals surface area contributed by atoms with Gasteiger partial charge in [0.2, 0.25) is 0 Å².